The van der Waals surface area contributed by atoms with Crippen LogP contribution in [0, 0.1) is 0 Å². The molecule has 0 saturated heterocycles. The van der Waals surface area contributed by atoms with E-state index in [0.29, 0.717) is 22.0 Å². The van der Waals surface area contributed by atoms with Crippen molar-refractivity contribution in [3.63, 3.8) is 0 Å². The van der Waals surface area contributed by atoms with Crippen LogP contribution in [-0.2, 0) is 7.05 Å². The molecule has 0 bridgehead atoms. The zero-order valence-corrected chi connectivity index (χ0v) is 16.9. The van der Waals surface area contributed by atoms with E-state index in [-0.39, 0.29) is 5.56 Å². The maximum absolute atomic E-state index is 13.3. The Morgan fingerprint density at radius 3 is 2.07 bits per heavy atom. The van der Waals surface area contributed by atoms with Crippen LogP contribution in [0.1, 0.15) is 10.4 Å². The molecule has 0 atom stereocenters. The van der Waals surface area contributed by atoms with Crippen LogP contribution >= 0.6 is 11.6 Å². The number of halogens is 1. The molecule has 0 saturated carbocycles. The summed E-state index contributed by atoms with van der Waals surface area (Å²) >= 11 is 6.20. The number of carbonyl (C=O) groups is 1. The van der Waals surface area contributed by atoms with Gasteiger partial charge in [-0.25, -0.2) is 4.68 Å². The topological polar surface area (TPSA) is 64.0 Å². The zero-order chi connectivity index (χ0) is 21.1. The first-order chi connectivity index (χ1) is 14.6. The van der Waals surface area contributed by atoms with E-state index in [9.17, 15) is 9.59 Å². The molecule has 0 unspecified atom stereocenters. The quantitative estimate of drug-likeness (QED) is 0.509. The maximum atomic E-state index is 13.3. The number of nitrogens with one attached hydrogen (secondary N) is 1. The third-order valence-corrected chi connectivity index (χ3v) is 5.03. The second-order valence-electron chi connectivity index (χ2n) is 6.69. The van der Waals surface area contributed by atoms with Gasteiger partial charge in [0.25, 0.3) is 11.5 Å². The summed E-state index contributed by atoms with van der Waals surface area (Å²) in [4.78, 5) is 26.4. The lowest BCUT2D eigenvalue weighted by Gasteiger charge is -2.16. The minimum atomic E-state index is -0.540. The van der Waals surface area contributed by atoms with Crippen LogP contribution in [0.15, 0.2) is 89.7 Å². The van der Waals surface area contributed by atoms with Gasteiger partial charge in [-0.05, 0) is 17.7 Å². The first kappa shape index (κ1) is 19.6. The summed E-state index contributed by atoms with van der Waals surface area (Å²) in [5.41, 5.74) is 2.52. The molecule has 1 heterocycles. The predicted molar refractivity (Wildman–Crippen MR) is 120 cm³/mol. The Labute approximate surface area is 178 Å². The Balaban J connectivity index is 1.97. The lowest BCUT2D eigenvalue weighted by Crippen LogP contribution is -2.31. The zero-order valence-electron chi connectivity index (χ0n) is 16.2. The van der Waals surface area contributed by atoms with Crippen molar-refractivity contribution in [3.05, 3.63) is 106 Å². The fraction of sp³-hybridized carbons (Fsp3) is 0.0417. The van der Waals surface area contributed by atoms with Gasteiger partial charge in [-0.3, -0.25) is 9.59 Å². The molecule has 0 aliphatic rings. The monoisotopic (exact) mass is 415 g/mol. The third-order valence-electron chi connectivity index (χ3n) is 4.70. The lowest BCUT2D eigenvalue weighted by atomic mass is 9.95. The van der Waals surface area contributed by atoms with Crippen LogP contribution in [-0.4, -0.2) is 15.7 Å². The summed E-state index contributed by atoms with van der Waals surface area (Å²) in [5, 5.41) is 7.65. The number of hydrogen-bond donors (Lipinski definition) is 1. The average Bonchev–Trinajstić information content (AvgIpc) is 2.78. The molecule has 4 rings (SSSR count). The number of amides is 1. The first-order valence-electron chi connectivity index (χ1n) is 9.34. The van der Waals surface area contributed by atoms with Crippen LogP contribution in [0.4, 0.5) is 5.69 Å². The SMILES string of the molecule is Cn1nc(-c2ccccc2)c(-c2ccccc2)c(C(=O)Nc2ccccc2Cl)c1=O. The van der Waals surface area contributed by atoms with Crippen molar-refractivity contribution in [3.8, 4) is 22.4 Å². The molecular formula is C24H18ClN3O2. The molecule has 148 valence electrons. The van der Waals surface area contributed by atoms with Crippen molar-refractivity contribution in [1.29, 1.82) is 0 Å². The van der Waals surface area contributed by atoms with Gasteiger partial charge in [0.15, 0.2) is 0 Å². The fourth-order valence-electron chi connectivity index (χ4n) is 3.27. The number of anilines is 1. The molecular weight excluding hydrogens is 398 g/mol. The summed E-state index contributed by atoms with van der Waals surface area (Å²) in [6, 6.07) is 25.7. The predicted octanol–water partition coefficient (Wildman–Crippen LogP) is 5.02. The van der Waals surface area contributed by atoms with Gasteiger partial charge >= 0.3 is 0 Å². The third kappa shape index (κ3) is 3.75. The molecule has 1 aromatic heterocycles. The van der Waals surface area contributed by atoms with E-state index in [4.69, 9.17) is 11.6 Å². The van der Waals surface area contributed by atoms with Gasteiger partial charge in [-0.1, -0.05) is 84.4 Å². The van der Waals surface area contributed by atoms with E-state index >= 15 is 0 Å². The maximum Gasteiger partial charge on any atom is 0.280 e. The van der Waals surface area contributed by atoms with Crippen LogP contribution in [0.2, 0.25) is 5.02 Å². The van der Waals surface area contributed by atoms with Gasteiger partial charge in [0.1, 0.15) is 5.56 Å². The summed E-state index contributed by atoms with van der Waals surface area (Å²) in [6.07, 6.45) is 0. The van der Waals surface area contributed by atoms with E-state index in [0.717, 1.165) is 11.1 Å². The molecule has 6 heteroatoms. The normalized spacial score (nSPS) is 10.6. The van der Waals surface area contributed by atoms with E-state index < -0.39 is 11.5 Å². The van der Waals surface area contributed by atoms with Crippen LogP contribution in [0.5, 0.6) is 0 Å². The molecule has 0 spiro atoms. The number of hydrogen-bond acceptors (Lipinski definition) is 3. The minimum Gasteiger partial charge on any atom is -0.320 e. The summed E-state index contributed by atoms with van der Waals surface area (Å²) in [6.45, 7) is 0. The minimum absolute atomic E-state index is 0.0115. The summed E-state index contributed by atoms with van der Waals surface area (Å²) < 4.78 is 1.19. The number of benzene rings is 3. The number of nitrogens with zero attached hydrogens (tertiary/aromatic N) is 2. The van der Waals surface area contributed by atoms with Gasteiger partial charge in [0.2, 0.25) is 0 Å². The average molecular weight is 416 g/mol. The molecule has 1 amide bonds. The second-order valence-corrected chi connectivity index (χ2v) is 7.10. The molecule has 30 heavy (non-hydrogen) atoms. The Morgan fingerprint density at radius 1 is 0.867 bits per heavy atom. The highest BCUT2D eigenvalue weighted by atomic mass is 35.5. The number of carbonyl (C=O) groups excluding carboxylic acids is 1. The van der Waals surface area contributed by atoms with Gasteiger partial charge < -0.3 is 5.32 Å². The summed E-state index contributed by atoms with van der Waals surface area (Å²) in [5.74, 6) is -0.540. The van der Waals surface area contributed by atoms with Crippen molar-refractivity contribution in [1.82, 2.24) is 9.78 Å². The Bertz CT molecular complexity index is 1270. The summed E-state index contributed by atoms with van der Waals surface area (Å²) in [7, 11) is 1.54. The van der Waals surface area contributed by atoms with E-state index in [1.807, 2.05) is 60.7 Å². The molecule has 0 fully saturated rings. The van der Waals surface area contributed by atoms with Crippen LogP contribution in [0.3, 0.4) is 0 Å². The van der Waals surface area contributed by atoms with Gasteiger partial charge in [-0.15, -0.1) is 0 Å². The van der Waals surface area contributed by atoms with E-state index in [2.05, 4.69) is 10.4 Å². The molecule has 5 nitrogen and oxygen atoms in total. The van der Waals surface area contributed by atoms with Crippen molar-refractivity contribution in [2.45, 2.75) is 0 Å². The van der Waals surface area contributed by atoms with Crippen molar-refractivity contribution in [2.24, 2.45) is 7.05 Å². The fourth-order valence-corrected chi connectivity index (χ4v) is 3.46. The van der Waals surface area contributed by atoms with Crippen LogP contribution < -0.4 is 10.9 Å². The number of rotatable bonds is 4. The van der Waals surface area contributed by atoms with Crippen molar-refractivity contribution in [2.75, 3.05) is 5.32 Å². The largest absolute Gasteiger partial charge is 0.320 e. The van der Waals surface area contributed by atoms with Gasteiger partial charge in [-0.2, -0.15) is 5.10 Å². The Morgan fingerprint density at radius 2 is 1.43 bits per heavy atom. The highest BCUT2D eigenvalue weighted by molar-refractivity contribution is 6.34. The molecule has 4 aromatic rings. The molecule has 1 N–H and O–H groups in total. The number of aromatic nitrogens is 2. The molecule has 3 aromatic carbocycles. The second kappa shape index (κ2) is 8.35. The standard InChI is InChI=1S/C24H18ClN3O2/c1-28-24(30)21(23(29)26-19-15-9-8-14-18(19)25)20(16-10-4-2-5-11-16)22(27-28)17-12-6-3-7-13-17/h2-15H,1H3,(H,26,29). The first-order valence-corrected chi connectivity index (χ1v) is 9.72. The molecule has 0 aliphatic carbocycles. The van der Waals surface area contributed by atoms with E-state index in [1.165, 1.54) is 11.7 Å². The number of para-hydroxylation sites is 1. The van der Waals surface area contributed by atoms with Gasteiger partial charge in [0, 0.05) is 18.2 Å². The smallest absolute Gasteiger partial charge is 0.280 e. The highest BCUT2D eigenvalue weighted by Gasteiger charge is 2.24. The highest BCUT2D eigenvalue weighted by Crippen LogP contribution is 2.32. The van der Waals surface area contributed by atoms with Crippen molar-refractivity contribution < 1.29 is 4.79 Å². The molecule has 0 radical (unpaired) electrons. The Kier molecular flexibility index (Phi) is 5.46. The lowest BCUT2D eigenvalue weighted by molar-refractivity contribution is 0.102. The van der Waals surface area contributed by atoms with Crippen molar-refractivity contribution >= 4 is 23.2 Å². The van der Waals surface area contributed by atoms with Crippen LogP contribution in [0.25, 0.3) is 22.4 Å². The number of aryl methyl sites for hydroxylation is 1. The van der Waals surface area contributed by atoms with E-state index in [1.54, 1.807) is 24.3 Å². The Hall–Kier alpha value is -3.70. The van der Waals surface area contributed by atoms with Gasteiger partial charge in [0.05, 0.1) is 16.4 Å². The molecule has 0 aliphatic heterocycles.